The molecule has 3 aromatic carbocycles. The molecular formula is C40H36IrN2OS-2. The van der Waals surface area contributed by atoms with E-state index in [0.717, 1.165) is 45.2 Å². The quantitative estimate of drug-likeness (QED) is 0.168. The normalized spacial score (nSPS) is 13.9. The summed E-state index contributed by atoms with van der Waals surface area (Å²) in [6, 6.07) is 30.4. The van der Waals surface area contributed by atoms with Gasteiger partial charge in [-0.1, -0.05) is 61.5 Å². The van der Waals surface area contributed by atoms with E-state index in [1.54, 1.807) is 12.3 Å². The molecule has 1 aliphatic rings. The van der Waals surface area contributed by atoms with E-state index < -0.39 is 11.8 Å². The van der Waals surface area contributed by atoms with Gasteiger partial charge in [-0.25, -0.2) is 0 Å². The average molecular weight is 787 g/mol. The van der Waals surface area contributed by atoms with Crippen LogP contribution in [0.2, 0.25) is 0 Å². The zero-order valence-electron chi connectivity index (χ0n) is 28.0. The first-order valence-electron chi connectivity index (χ1n) is 16.3. The number of pyridine rings is 2. The van der Waals surface area contributed by atoms with Gasteiger partial charge >= 0.3 is 0 Å². The fraction of sp³-hybridized carbons (Fsp3) is 0.250. The van der Waals surface area contributed by atoms with Gasteiger partial charge in [0.2, 0.25) is 0 Å². The van der Waals surface area contributed by atoms with E-state index in [1.165, 1.54) is 45.4 Å². The van der Waals surface area contributed by atoms with E-state index in [1.807, 2.05) is 87.7 Å². The second kappa shape index (κ2) is 13.0. The van der Waals surface area contributed by atoms with Crippen LogP contribution in [0.3, 0.4) is 0 Å². The molecule has 0 atom stereocenters. The predicted octanol–water partition coefficient (Wildman–Crippen LogP) is 11.0. The molecule has 0 unspecified atom stereocenters. The van der Waals surface area contributed by atoms with Gasteiger partial charge in [-0.15, -0.1) is 65.4 Å². The van der Waals surface area contributed by atoms with Gasteiger partial charge in [-0.3, -0.25) is 0 Å². The Morgan fingerprint density at radius 3 is 2.51 bits per heavy atom. The summed E-state index contributed by atoms with van der Waals surface area (Å²) < 4.78 is 25.3. The zero-order valence-corrected chi connectivity index (χ0v) is 29.2. The molecule has 0 N–H and O–H groups in total. The Morgan fingerprint density at radius 2 is 1.73 bits per heavy atom. The van der Waals surface area contributed by atoms with Crippen molar-refractivity contribution in [1.82, 2.24) is 9.97 Å². The smallest absolute Gasteiger partial charge is 0.129 e. The van der Waals surface area contributed by atoms with Crippen molar-refractivity contribution in [1.29, 1.82) is 0 Å². The number of hydrogen-bond acceptors (Lipinski definition) is 4. The minimum atomic E-state index is -1.49. The molecule has 0 spiro atoms. The maximum Gasteiger partial charge on any atom is 0.129 e. The van der Waals surface area contributed by atoms with Crippen molar-refractivity contribution in [2.24, 2.45) is 5.41 Å². The van der Waals surface area contributed by atoms with Gasteiger partial charge in [0.05, 0.1) is 5.58 Å². The second-order valence-corrected chi connectivity index (χ2v) is 13.7. The largest absolute Gasteiger partial charge is 0.500 e. The van der Waals surface area contributed by atoms with Gasteiger partial charge in [0, 0.05) is 55.6 Å². The molecule has 7 aromatic rings. The number of aryl methyl sites for hydroxylation is 3. The molecule has 1 aliphatic carbocycles. The van der Waals surface area contributed by atoms with Gasteiger partial charge in [-0.2, -0.15) is 0 Å². The van der Waals surface area contributed by atoms with Crippen LogP contribution in [0.15, 0.2) is 89.6 Å². The molecule has 4 heterocycles. The molecule has 4 aromatic heterocycles. The second-order valence-electron chi connectivity index (χ2n) is 12.5. The summed E-state index contributed by atoms with van der Waals surface area (Å²) in [7, 11) is 0. The van der Waals surface area contributed by atoms with Crippen LogP contribution in [0, 0.1) is 24.5 Å². The van der Waals surface area contributed by atoms with Crippen LogP contribution in [-0.2, 0) is 39.3 Å². The minimum Gasteiger partial charge on any atom is -0.500 e. The summed E-state index contributed by atoms with van der Waals surface area (Å²) in [6.45, 7) is 7.80. The molecule has 0 fully saturated rings. The Kier molecular flexibility index (Phi) is 8.33. The summed E-state index contributed by atoms with van der Waals surface area (Å²) in [5, 5.41) is 3.46. The molecule has 0 aliphatic heterocycles. The van der Waals surface area contributed by atoms with E-state index in [0.29, 0.717) is 11.3 Å². The number of benzene rings is 3. The van der Waals surface area contributed by atoms with Gasteiger partial charge in [0.15, 0.2) is 0 Å². The minimum absolute atomic E-state index is 0. The van der Waals surface area contributed by atoms with Crippen molar-refractivity contribution in [3.05, 3.63) is 119 Å². The Bertz CT molecular complexity index is 2180. The van der Waals surface area contributed by atoms with Crippen LogP contribution in [-0.4, -0.2) is 9.97 Å². The van der Waals surface area contributed by atoms with Crippen LogP contribution < -0.4 is 0 Å². The molecule has 0 saturated carbocycles. The molecule has 45 heavy (non-hydrogen) atoms. The third-order valence-electron chi connectivity index (χ3n) is 7.95. The van der Waals surface area contributed by atoms with E-state index in [-0.39, 0.29) is 20.1 Å². The fourth-order valence-electron chi connectivity index (χ4n) is 5.99. The standard InChI is InChI=1S/C28H26NOS.C12H10N.Ir/c1-28(2,3)16-17-13-14-29-22(15-17)20-9-6-8-18-19-11-12-24-25(27(19)30-26(18)20)21-7-4-5-10-23(21)31-24;1-10-7-8-12(13-9-10)11-5-3-2-4-6-11;/h6,8,11-15H,4-5,7,10,16H2,1-3H3;2-5,7-9H,1H3;/q2*-1;/i16D2;;. The third-order valence-corrected chi connectivity index (χ3v) is 9.20. The third kappa shape index (κ3) is 6.53. The number of furan rings is 1. The summed E-state index contributed by atoms with van der Waals surface area (Å²) in [4.78, 5) is 10.4. The van der Waals surface area contributed by atoms with E-state index in [9.17, 15) is 0 Å². The Labute approximate surface area is 285 Å². The molecule has 8 rings (SSSR count). The summed E-state index contributed by atoms with van der Waals surface area (Å²) in [5.41, 5.74) is 7.96. The monoisotopic (exact) mass is 787 g/mol. The van der Waals surface area contributed by atoms with E-state index in [2.05, 4.69) is 46.4 Å². The van der Waals surface area contributed by atoms with Crippen molar-refractivity contribution in [3.8, 4) is 22.5 Å². The first-order valence-corrected chi connectivity index (χ1v) is 16.1. The Hall–Kier alpha value is -3.63. The molecular weight excluding hydrogens is 749 g/mol. The summed E-state index contributed by atoms with van der Waals surface area (Å²) >= 11 is 1.91. The number of rotatable bonds is 3. The molecule has 0 saturated heterocycles. The summed E-state index contributed by atoms with van der Waals surface area (Å²) in [6.07, 6.45) is 6.87. The van der Waals surface area contributed by atoms with Gasteiger partial charge in [0.1, 0.15) is 5.58 Å². The average Bonchev–Trinajstić information content (AvgIpc) is 3.64. The molecule has 229 valence electrons. The number of nitrogens with zero attached hydrogens (tertiary/aromatic N) is 2. The van der Waals surface area contributed by atoms with Crippen LogP contribution in [0.5, 0.6) is 0 Å². The van der Waals surface area contributed by atoms with Crippen molar-refractivity contribution in [2.75, 3.05) is 0 Å². The topological polar surface area (TPSA) is 38.9 Å². The van der Waals surface area contributed by atoms with Crippen molar-refractivity contribution >= 4 is 43.4 Å². The van der Waals surface area contributed by atoms with Gasteiger partial charge in [-0.05, 0) is 79.0 Å². The molecule has 0 amide bonds. The molecule has 3 nitrogen and oxygen atoms in total. The van der Waals surface area contributed by atoms with Crippen LogP contribution >= 0.6 is 11.3 Å². The SMILES string of the molecule is Cc1ccc(-c2[c-]cccc2)nc1.[2H]C([2H])(c1ccnc(-c2[c-]ccc3c2oc2c3ccc3sc4c(c32)CCCC4)c1)C(C)(C)C.[Ir]. The molecule has 1 radical (unpaired) electrons. The fourth-order valence-corrected chi connectivity index (χ4v) is 7.29. The maximum absolute atomic E-state index is 8.70. The van der Waals surface area contributed by atoms with Gasteiger partial charge in [0.25, 0.3) is 0 Å². The molecule has 0 bridgehead atoms. The number of hydrogen-bond donors (Lipinski definition) is 0. The van der Waals surface area contributed by atoms with E-state index >= 15 is 0 Å². The van der Waals surface area contributed by atoms with Crippen molar-refractivity contribution in [3.63, 3.8) is 0 Å². The number of fused-ring (bicyclic) bond motifs is 7. The maximum atomic E-state index is 8.70. The van der Waals surface area contributed by atoms with Crippen LogP contribution in [0.25, 0.3) is 54.5 Å². The van der Waals surface area contributed by atoms with E-state index in [4.69, 9.17) is 7.16 Å². The predicted molar refractivity (Wildman–Crippen MR) is 184 cm³/mol. The Morgan fingerprint density at radius 1 is 0.889 bits per heavy atom. The number of thiophene rings is 1. The number of aromatic nitrogens is 2. The summed E-state index contributed by atoms with van der Waals surface area (Å²) in [5.74, 6) is 0. The van der Waals surface area contributed by atoms with Crippen LogP contribution in [0.4, 0.5) is 0 Å². The Balaban J connectivity index is 0.000000232. The van der Waals surface area contributed by atoms with Gasteiger partial charge < -0.3 is 14.4 Å². The zero-order chi connectivity index (χ0) is 32.1. The van der Waals surface area contributed by atoms with Crippen LogP contribution in [0.1, 0.15) is 57.9 Å². The van der Waals surface area contributed by atoms with Crippen molar-refractivity contribution < 1.29 is 27.3 Å². The first-order chi connectivity index (χ1) is 22.1. The first kappa shape index (κ1) is 28.8. The van der Waals surface area contributed by atoms with Crippen molar-refractivity contribution in [2.45, 2.75) is 59.8 Å². The molecule has 5 heteroatoms.